The fourth-order valence-corrected chi connectivity index (χ4v) is 10.2. The highest BCUT2D eigenvalue weighted by Gasteiger charge is 2.37. The lowest BCUT2D eigenvalue weighted by Gasteiger charge is -2.37. The van der Waals surface area contributed by atoms with E-state index in [1.807, 2.05) is 62.4 Å². The maximum Gasteiger partial charge on any atom is 0.269 e. The Morgan fingerprint density at radius 3 is 2.42 bits per heavy atom. The first-order valence-corrected chi connectivity index (χ1v) is 24.4. The van der Waals surface area contributed by atoms with Gasteiger partial charge in [0.2, 0.25) is 0 Å². The molecule has 0 radical (unpaired) electrons. The summed E-state index contributed by atoms with van der Waals surface area (Å²) in [5.41, 5.74) is 7.60. The highest BCUT2D eigenvalue weighted by molar-refractivity contribution is 7.90. The van der Waals surface area contributed by atoms with Crippen molar-refractivity contribution in [3.05, 3.63) is 107 Å². The number of benzene rings is 3. The van der Waals surface area contributed by atoms with Gasteiger partial charge in [0.25, 0.3) is 15.9 Å². The molecule has 8 rings (SSSR count). The average Bonchev–Trinajstić information content (AvgIpc) is 3.97. The van der Waals surface area contributed by atoms with E-state index in [0.717, 1.165) is 41.0 Å². The van der Waals surface area contributed by atoms with Crippen molar-refractivity contribution in [3.8, 4) is 17.0 Å². The number of carbonyl (C=O) groups excluding carboxylic acids is 1. The molecule has 298 valence electrons. The Kier molecular flexibility index (Phi) is 10.3. The van der Waals surface area contributed by atoms with Crippen molar-refractivity contribution in [2.45, 2.75) is 82.8 Å². The molecule has 1 fully saturated rings. The lowest BCUT2D eigenvalue weighted by Crippen LogP contribution is -2.43. The number of aryl methyl sites for hydroxylation is 1. The molecule has 4 heterocycles. The molecule has 1 saturated carbocycles. The third kappa shape index (κ3) is 7.48. The summed E-state index contributed by atoms with van der Waals surface area (Å²) in [4.78, 5) is 27.9. The summed E-state index contributed by atoms with van der Waals surface area (Å²) in [6, 6.07) is 20.7. The van der Waals surface area contributed by atoms with Crippen molar-refractivity contribution in [1.29, 1.82) is 0 Å². The van der Waals surface area contributed by atoms with Crippen LogP contribution in [0.2, 0.25) is 18.1 Å². The van der Waals surface area contributed by atoms with Gasteiger partial charge in [-0.05, 0) is 110 Å². The molecule has 2 aromatic heterocycles. The number of rotatable bonds is 10. The summed E-state index contributed by atoms with van der Waals surface area (Å²) in [6.07, 6.45) is 6.59. The van der Waals surface area contributed by atoms with Crippen molar-refractivity contribution < 1.29 is 22.4 Å². The standard InChI is InChI=1S/C45H53N5O5SSi/c1-30-11-16-35(17-12-30)56(52,53)50-40(33-19-21-48(22-20-33)23-26-55-57(6,7)45(3,4)5)28-38-42(46-29-47-43(38)50)36-9-8-10-39(31(36)2)49-24-25-54-41-27-34(32-13-14-32)15-18-37(41)44(49)51/h8-12,15-19,27-29,32H,13-14,20-26H2,1-7H3. The molecule has 1 aliphatic carbocycles. The third-order valence-electron chi connectivity index (χ3n) is 12.4. The Balaban J connectivity index is 1.17. The van der Waals surface area contributed by atoms with Crippen LogP contribution in [0.1, 0.15) is 78.7 Å². The zero-order valence-corrected chi connectivity index (χ0v) is 35.9. The smallest absolute Gasteiger partial charge is 0.269 e. The minimum absolute atomic E-state index is 0.111. The van der Waals surface area contributed by atoms with E-state index >= 15 is 0 Å². The maximum absolute atomic E-state index is 14.7. The van der Waals surface area contributed by atoms with Gasteiger partial charge in [0.1, 0.15) is 18.7 Å². The van der Waals surface area contributed by atoms with E-state index in [2.05, 4.69) is 55.9 Å². The first-order chi connectivity index (χ1) is 27.1. The fourth-order valence-electron chi connectivity index (χ4n) is 7.68. The van der Waals surface area contributed by atoms with Gasteiger partial charge in [-0.2, -0.15) is 0 Å². The Bertz CT molecular complexity index is 2500. The molecule has 57 heavy (non-hydrogen) atoms. The zero-order chi connectivity index (χ0) is 40.3. The van der Waals surface area contributed by atoms with Crippen LogP contribution >= 0.6 is 0 Å². The van der Waals surface area contributed by atoms with Crippen LogP contribution in [0.15, 0.2) is 84.0 Å². The molecule has 5 aromatic rings. The molecule has 0 unspecified atom stereocenters. The Labute approximate surface area is 337 Å². The van der Waals surface area contributed by atoms with Crippen LogP contribution in [0.3, 0.4) is 0 Å². The molecule has 1 amide bonds. The fraction of sp³-hybridized carbons (Fsp3) is 0.400. The number of hydrogen-bond donors (Lipinski definition) is 0. The van der Waals surface area contributed by atoms with E-state index < -0.39 is 18.3 Å². The molecule has 0 atom stereocenters. The number of fused-ring (bicyclic) bond motifs is 2. The van der Waals surface area contributed by atoms with Crippen LogP contribution in [-0.2, 0) is 14.4 Å². The number of hydrogen-bond acceptors (Lipinski definition) is 8. The molecule has 0 saturated heterocycles. The van der Waals surface area contributed by atoms with E-state index in [-0.39, 0.29) is 15.8 Å². The summed E-state index contributed by atoms with van der Waals surface area (Å²) in [5, 5.41) is 0.767. The second-order valence-electron chi connectivity index (χ2n) is 17.2. The predicted molar refractivity (Wildman–Crippen MR) is 229 cm³/mol. The van der Waals surface area contributed by atoms with E-state index in [9.17, 15) is 13.2 Å². The van der Waals surface area contributed by atoms with Gasteiger partial charge in [-0.1, -0.05) is 62.7 Å². The monoisotopic (exact) mass is 803 g/mol. The molecule has 10 nitrogen and oxygen atoms in total. The summed E-state index contributed by atoms with van der Waals surface area (Å²) in [6.45, 7) is 18.9. The summed E-state index contributed by atoms with van der Waals surface area (Å²) in [5.74, 6) is 1.09. The summed E-state index contributed by atoms with van der Waals surface area (Å²) >= 11 is 0. The SMILES string of the molecule is Cc1ccc(S(=O)(=O)n2c(C3=CCN(CCO[Si](C)(C)C(C)(C)C)CC3)cc3c(-c4cccc(N5CCOc6cc(C7CC7)ccc6C5=O)c4C)ncnc32)cc1. The van der Waals surface area contributed by atoms with E-state index in [1.165, 1.54) is 28.7 Å². The second kappa shape index (κ2) is 15.0. The molecule has 2 aliphatic heterocycles. The lowest BCUT2D eigenvalue weighted by molar-refractivity contribution is 0.0989. The van der Waals surface area contributed by atoms with Crippen molar-refractivity contribution in [2.75, 3.05) is 44.3 Å². The van der Waals surface area contributed by atoms with E-state index in [4.69, 9.17) is 14.1 Å². The summed E-state index contributed by atoms with van der Waals surface area (Å²) in [7, 11) is -5.93. The number of ether oxygens (including phenoxy) is 1. The van der Waals surface area contributed by atoms with Crippen molar-refractivity contribution in [1.82, 2.24) is 18.8 Å². The topological polar surface area (TPSA) is 107 Å². The van der Waals surface area contributed by atoms with Gasteiger partial charge >= 0.3 is 0 Å². The quantitative estimate of drug-likeness (QED) is 0.129. The lowest BCUT2D eigenvalue weighted by atomic mass is 9.99. The molecule has 0 N–H and O–H groups in total. The van der Waals surface area contributed by atoms with Crippen LogP contribution in [0.4, 0.5) is 5.69 Å². The van der Waals surface area contributed by atoms with E-state index in [0.29, 0.717) is 72.4 Å². The van der Waals surface area contributed by atoms with Gasteiger partial charge in [-0.15, -0.1) is 0 Å². The molecular weight excluding hydrogens is 751 g/mol. The van der Waals surface area contributed by atoms with Gasteiger partial charge in [0.15, 0.2) is 14.0 Å². The van der Waals surface area contributed by atoms with Crippen LogP contribution in [0.5, 0.6) is 5.75 Å². The number of carbonyl (C=O) groups is 1. The van der Waals surface area contributed by atoms with Gasteiger partial charge in [0.05, 0.1) is 28.4 Å². The largest absolute Gasteiger partial charge is 0.491 e. The molecule has 3 aromatic carbocycles. The minimum Gasteiger partial charge on any atom is -0.491 e. The van der Waals surface area contributed by atoms with Crippen molar-refractivity contribution in [3.63, 3.8) is 0 Å². The Morgan fingerprint density at radius 2 is 1.72 bits per heavy atom. The second-order valence-corrected chi connectivity index (χ2v) is 23.8. The predicted octanol–water partition coefficient (Wildman–Crippen LogP) is 8.98. The van der Waals surface area contributed by atoms with Crippen LogP contribution in [0.25, 0.3) is 27.9 Å². The van der Waals surface area contributed by atoms with Crippen molar-refractivity contribution >= 4 is 46.5 Å². The first-order valence-electron chi connectivity index (χ1n) is 20.1. The minimum atomic E-state index is -4.07. The molecular formula is C45H53N5O5SSi. The van der Waals surface area contributed by atoms with E-state index in [1.54, 1.807) is 17.0 Å². The molecule has 12 heteroatoms. The zero-order valence-electron chi connectivity index (χ0n) is 34.1. The highest BCUT2D eigenvalue weighted by atomic mass is 32.2. The van der Waals surface area contributed by atoms with Gasteiger partial charge in [0, 0.05) is 42.9 Å². The maximum atomic E-state index is 14.7. The molecule has 3 aliphatic rings. The molecule has 0 bridgehead atoms. The number of aromatic nitrogens is 3. The van der Waals surface area contributed by atoms with Crippen molar-refractivity contribution in [2.24, 2.45) is 0 Å². The Hall–Kier alpha value is -4.62. The van der Waals surface area contributed by atoms with Crippen LogP contribution < -0.4 is 9.64 Å². The Morgan fingerprint density at radius 1 is 0.947 bits per heavy atom. The van der Waals surface area contributed by atoms with Crippen LogP contribution in [0, 0.1) is 13.8 Å². The van der Waals surface area contributed by atoms with Crippen LogP contribution in [-0.4, -0.2) is 80.9 Å². The highest BCUT2D eigenvalue weighted by Crippen LogP contribution is 2.43. The average molecular weight is 804 g/mol. The number of nitrogens with zero attached hydrogens (tertiary/aromatic N) is 5. The van der Waals surface area contributed by atoms with Gasteiger partial charge in [-0.25, -0.2) is 22.4 Å². The third-order valence-corrected chi connectivity index (χ3v) is 18.6. The molecule has 0 spiro atoms. The van der Waals surface area contributed by atoms with Gasteiger partial charge < -0.3 is 14.1 Å². The number of anilines is 1. The number of amides is 1. The normalized spacial score (nSPS) is 17.0. The van der Waals surface area contributed by atoms with Gasteiger partial charge in [-0.3, -0.25) is 9.69 Å². The first kappa shape index (κ1) is 39.2. The summed E-state index contributed by atoms with van der Waals surface area (Å²) < 4.78 is 43.4.